The number of Topliss-reactive ketones (excluding diaryl/α,β-unsaturated/α-hetero) is 1. The number of methoxy groups -OCH3 is 1. The quantitative estimate of drug-likeness (QED) is 0.319. The Labute approximate surface area is 204 Å². The summed E-state index contributed by atoms with van der Waals surface area (Å²) in [4.78, 5) is 28.3. The molecule has 0 spiro atoms. The Bertz CT molecular complexity index is 1460. The van der Waals surface area contributed by atoms with E-state index in [0.29, 0.717) is 38.0 Å². The van der Waals surface area contributed by atoms with Crippen molar-refractivity contribution in [3.05, 3.63) is 105 Å². The van der Waals surface area contributed by atoms with Crippen LogP contribution in [0, 0.1) is 0 Å². The SMILES string of the molecule is COc1cc(Cl)cc2cc(C(=O)C3=C(O)C(=O)N(c4ccc(Cl)cc4)C3c3ccccc3)oc12. The van der Waals surface area contributed by atoms with Crippen LogP contribution < -0.4 is 9.64 Å². The summed E-state index contributed by atoms with van der Waals surface area (Å²) in [5.41, 5.74) is 1.38. The number of nitrogens with zero attached hydrogens (tertiary/aromatic N) is 1. The molecule has 1 aliphatic rings. The molecule has 0 aliphatic carbocycles. The Balaban J connectivity index is 1.65. The van der Waals surface area contributed by atoms with Gasteiger partial charge in [-0.05, 0) is 42.0 Å². The van der Waals surface area contributed by atoms with Gasteiger partial charge in [-0.1, -0.05) is 53.5 Å². The first-order valence-electron chi connectivity index (χ1n) is 10.3. The van der Waals surface area contributed by atoms with Gasteiger partial charge in [-0.2, -0.15) is 0 Å². The van der Waals surface area contributed by atoms with Crippen LogP contribution in [0.3, 0.4) is 0 Å². The molecule has 5 rings (SSSR count). The molecule has 1 N–H and O–H groups in total. The number of rotatable bonds is 5. The van der Waals surface area contributed by atoms with Gasteiger partial charge in [0.25, 0.3) is 5.91 Å². The van der Waals surface area contributed by atoms with Crippen LogP contribution in [-0.4, -0.2) is 23.9 Å². The van der Waals surface area contributed by atoms with Crippen LogP contribution in [0.2, 0.25) is 10.0 Å². The zero-order chi connectivity index (χ0) is 24.0. The molecule has 1 aliphatic heterocycles. The van der Waals surface area contributed by atoms with Gasteiger partial charge in [-0.15, -0.1) is 0 Å². The number of aliphatic hydroxyl groups is 1. The maximum absolute atomic E-state index is 13.7. The van der Waals surface area contributed by atoms with Crippen molar-refractivity contribution in [1.29, 1.82) is 0 Å². The van der Waals surface area contributed by atoms with Gasteiger partial charge in [0.05, 0.1) is 18.7 Å². The first kappa shape index (κ1) is 22.1. The minimum absolute atomic E-state index is 0.0520. The van der Waals surface area contributed by atoms with E-state index in [1.807, 2.05) is 6.07 Å². The van der Waals surface area contributed by atoms with Crippen LogP contribution >= 0.6 is 23.2 Å². The molecule has 0 fully saturated rings. The van der Waals surface area contributed by atoms with Gasteiger partial charge in [0.2, 0.25) is 5.78 Å². The lowest BCUT2D eigenvalue weighted by atomic mass is 9.95. The second kappa shape index (κ2) is 8.56. The number of hydrogen-bond acceptors (Lipinski definition) is 5. The molecule has 2 heterocycles. The number of anilines is 1. The second-order valence-corrected chi connectivity index (χ2v) is 8.57. The molecule has 0 bridgehead atoms. The number of fused-ring (bicyclic) bond motifs is 1. The van der Waals surface area contributed by atoms with Gasteiger partial charge in [-0.25, -0.2) is 0 Å². The predicted octanol–water partition coefficient (Wildman–Crippen LogP) is 6.53. The van der Waals surface area contributed by atoms with Crippen molar-refractivity contribution in [2.45, 2.75) is 6.04 Å². The number of hydrogen-bond donors (Lipinski definition) is 1. The molecule has 1 amide bonds. The topological polar surface area (TPSA) is 80.0 Å². The van der Waals surface area contributed by atoms with Crippen molar-refractivity contribution in [2.75, 3.05) is 12.0 Å². The number of carbonyl (C=O) groups excluding carboxylic acids is 2. The summed E-state index contributed by atoms with van der Waals surface area (Å²) in [6, 6.07) is 19.4. The fourth-order valence-corrected chi connectivity index (χ4v) is 4.48. The molecule has 1 unspecified atom stereocenters. The van der Waals surface area contributed by atoms with Gasteiger partial charge in [-0.3, -0.25) is 14.5 Å². The van der Waals surface area contributed by atoms with Crippen LogP contribution in [0.4, 0.5) is 5.69 Å². The standard InChI is InChI=1S/C26H17Cl2NO5/c1-33-20-13-17(28)11-15-12-19(34-25(15)20)23(30)21-22(14-5-3-2-4-6-14)29(26(32)24(21)31)18-9-7-16(27)8-10-18/h2-13,22,31H,1H3. The Kier molecular flexibility index (Phi) is 5.55. The third-order valence-corrected chi connectivity index (χ3v) is 6.13. The van der Waals surface area contributed by atoms with E-state index in [0.717, 1.165) is 0 Å². The molecule has 0 saturated carbocycles. The number of furan rings is 1. The molecule has 0 saturated heterocycles. The summed E-state index contributed by atoms with van der Waals surface area (Å²) in [7, 11) is 1.47. The van der Waals surface area contributed by atoms with Gasteiger partial charge in [0.1, 0.15) is 0 Å². The lowest BCUT2D eigenvalue weighted by Crippen LogP contribution is -2.31. The molecule has 1 atom stereocenters. The number of amides is 1. The fourth-order valence-electron chi connectivity index (χ4n) is 4.14. The van der Waals surface area contributed by atoms with Gasteiger partial charge in [0, 0.05) is 27.2 Å². The normalized spacial score (nSPS) is 15.9. The van der Waals surface area contributed by atoms with E-state index in [1.165, 1.54) is 18.1 Å². The van der Waals surface area contributed by atoms with E-state index in [1.54, 1.807) is 60.7 Å². The number of ether oxygens (including phenoxy) is 1. The maximum Gasteiger partial charge on any atom is 0.294 e. The highest BCUT2D eigenvalue weighted by atomic mass is 35.5. The summed E-state index contributed by atoms with van der Waals surface area (Å²) < 4.78 is 11.1. The van der Waals surface area contributed by atoms with Crippen LogP contribution in [0.1, 0.15) is 22.2 Å². The summed E-state index contributed by atoms with van der Waals surface area (Å²) in [6.45, 7) is 0. The lowest BCUT2D eigenvalue weighted by Gasteiger charge is -2.26. The summed E-state index contributed by atoms with van der Waals surface area (Å²) in [6.07, 6.45) is 0. The van der Waals surface area contributed by atoms with E-state index in [-0.39, 0.29) is 11.3 Å². The summed E-state index contributed by atoms with van der Waals surface area (Å²) in [5.74, 6) is -1.64. The van der Waals surface area contributed by atoms with E-state index >= 15 is 0 Å². The van der Waals surface area contributed by atoms with Gasteiger partial charge in [0.15, 0.2) is 22.9 Å². The van der Waals surface area contributed by atoms with E-state index < -0.39 is 23.5 Å². The molecular weight excluding hydrogens is 477 g/mol. The van der Waals surface area contributed by atoms with E-state index in [9.17, 15) is 14.7 Å². The van der Waals surface area contributed by atoms with Crippen molar-refractivity contribution in [2.24, 2.45) is 0 Å². The zero-order valence-corrected chi connectivity index (χ0v) is 19.3. The first-order valence-corrected chi connectivity index (χ1v) is 11.0. The predicted molar refractivity (Wildman–Crippen MR) is 130 cm³/mol. The smallest absolute Gasteiger partial charge is 0.294 e. The highest BCUT2D eigenvalue weighted by Gasteiger charge is 2.45. The average molecular weight is 494 g/mol. The number of aliphatic hydroxyl groups excluding tert-OH is 1. The average Bonchev–Trinajstić information content (AvgIpc) is 3.38. The van der Waals surface area contributed by atoms with Crippen molar-refractivity contribution in [3.8, 4) is 5.75 Å². The Hall–Kier alpha value is -3.74. The molecule has 34 heavy (non-hydrogen) atoms. The molecule has 1 aromatic heterocycles. The van der Waals surface area contributed by atoms with Crippen LogP contribution in [0.25, 0.3) is 11.0 Å². The molecule has 3 aromatic carbocycles. The number of carbonyl (C=O) groups is 2. The zero-order valence-electron chi connectivity index (χ0n) is 17.8. The van der Waals surface area contributed by atoms with Crippen LogP contribution in [0.15, 0.2) is 88.5 Å². The lowest BCUT2D eigenvalue weighted by molar-refractivity contribution is -0.117. The Morgan fingerprint density at radius 2 is 1.71 bits per heavy atom. The summed E-state index contributed by atoms with van der Waals surface area (Å²) in [5, 5.41) is 12.3. The minimum atomic E-state index is -0.874. The molecule has 4 aromatic rings. The second-order valence-electron chi connectivity index (χ2n) is 7.69. The summed E-state index contributed by atoms with van der Waals surface area (Å²) >= 11 is 12.2. The highest BCUT2D eigenvalue weighted by molar-refractivity contribution is 6.31. The van der Waals surface area contributed by atoms with Crippen molar-refractivity contribution in [1.82, 2.24) is 0 Å². The molecule has 6 nitrogen and oxygen atoms in total. The van der Waals surface area contributed by atoms with Gasteiger partial charge < -0.3 is 14.3 Å². The third kappa shape index (κ3) is 3.61. The van der Waals surface area contributed by atoms with Crippen molar-refractivity contribution >= 4 is 51.5 Å². The number of halogens is 2. The highest BCUT2D eigenvalue weighted by Crippen LogP contribution is 2.43. The Morgan fingerprint density at radius 1 is 1.00 bits per heavy atom. The number of benzene rings is 3. The molecular formula is C26H17Cl2NO5. The Morgan fingerprint density at radius 3 is 2.38 bits per heavy atom. The third-order valence-electron chi connectivity index (χ3n) is 5.66. The fraction of sp³-hybridized carbons (Fsp3) is 0.0769. The van der Waals surface area contributed by atoms with Gasteiger partial charge >= 0.3 is 0 Å². The molecule has 8 heteroatoms. The number of ketones is 1. The molecule has 170 valence electrons. The van der Waals surface area contributed by atoms with Crippen molar-refractivity contribution in [3.63, 3.8) is 0 Å². The monoisotopic (exact) mass is 493 g/mol. The van der Waals surface area contributed by atoms with Crippen LogP contribution in [-0.2, 0) is 4.79 Å². The minimum Gasteiger partial charge on any atom is -0.503 e. The van der Waals surface area contributed by atoms with E-state index in [2.05, 4.69) is 0 Å². The first-order chi connectivity index (χ1) is 16.4. The van der Waals surface area contributed by atoms with Crippen molar-refractivity contribution < 1.29 is 23.8 Å². The molecule has 0 radical (unpaired) electrons. The maximum atomic E-state index is 13.7. The van der Waals surface area contributed by atoms with E-state index in [4.69, 9.17) is 32.4 Å². The van der Waals surface area contributed by atoms with Crippen LogP contribution in [0.5, 0.6) is 5.75 Å². The largest absolute Gasteiger partial charge is 0.503 e.